The SMILES string of the molecule is CN(C)S(=O)(=O)N1C[C@H](Oc2cccnc2)[C@@H]2OCCC[C@@H]21. The Morgan fingerprint density at radius 3 is 2.95 bits per heavy atom. The molecule has 122 valence electrons. The second-order valence-corrected chi connectivity index (χ2v) is 7.84. The van der Waals surface area contributed by atoms with Crippen LogP contribution in [-0.2, 0) is 14.9 Å². The Bertz CT molecular complexity index is 608. The van der Waals surface area contributed by atoms with Gasteiger partial charge in [0, 0.05) is 26.9 Å². The van der Waals surface area contributed by atoms with Crippen LogP contribution in [-0.4, -0.2) is 67.5 Å². The lowest BCUT2D eigenvalue weighted by Crippen LogP contribution is -2.47. The molecular weight excluding hydrogens is 306 g/mol. The summed E-state index contributed by atoms with van der Waals surface area (Å²) in [6.07, 6.45) is 4.41. The van der Waals surface area contributed by atoms with E-state index < -0.39 is 10.2 Å². The molecule has 0 aliphatic carbocycles. The maximum absolute atomic E-state index is 12.5. The van der Waals surface area contributed by atoms with Gasteiger partial charge in [-0.1, -0.05) is 0 Å². The number of rotatable bonds is 4. The van der Waals surface area contributed by atoms with Crippen LogP contribution >= 0.6 is 0 Å². The molecule has 3 atom stereocenters. The minimum absolute atomic E-state index is 0.164. The molecule has 0 bridgehead atoms. The summed E-state index contributed by atoms with van der Waals surface area (Å²) in [6, 6.07) is 3.44. The zero-order chi connectivity index (χ0) is 15.7. The summed E-state index contributed by atoms with van der Waals surface area (Å²) in [5.41, 5.74) is 0. The topological polar surface area (TPSA) is 72.0 Å². The highest BCUT2D eigenvalue weighted by molar-refractivity contribution is 7.86. The zero-order valence-electron chi connectivity index (χ0n) is 12.8. The number of ether oxygens (including phenoxy) is 2. The quantitative estimate of drug-likeness (QED) is 0.805. The van der Waals surface area contributed by atoms with Crippen molar-refractivity contribution in [1.82, 2.24) is 13.6 Å². The third kappa shape index (κ3) is 2.83. The van der Waals surface area contributed by atoms with E-state index in [0.717, 1.165) is 12.8 Å². The van der Waals surface area contributed by atoms with Crippen LogP contribution in [0.2, 0.25) is 0 Å². The van der Waals surface area contributed by atoms with Crippen molar-refractivity contribution < 1.29 is 17.9 Å². The Morgan fingerprint density at radius 2 is 2.27 bits per heavy atom. The summed E-state index contributed by atoms with van der Waals surface area (Å²) in [6.45, 7) is 0.939. The second kappa shape index (κ2) is 6.11. The van der Waals surface area contributed by atoms with Gasteiger partial charge in [-0.15, -0.1) is 0 Å². The van der Waals surface area contributed by atoms with Crippen LogP contribution in [0.1, 0.15) is 12.8 Å². The van der Waals surface area contributed by atoms with Crippen molar-refractivity contribution in [1.29, 1.82) is 0 Å². The second-order valence-electron chi connectivity index (χ2n) is 5.75. The molecule has 0 amide bonds. The fourth-order valence-electron chi connectivity index (χ4n) is 3.04. The van der Waals surface area contributed by atoms with E-state index in [-0.39, 0.29) is 18.2 Å². The monoisotopic (exact) mass is 327 g/mol. The van der Waals surface area contributed by atoms with Crippen molar-refractivity contribution in [3.8, 4) is 5.75 Å². The van der Waals surface area contributed by atoms with Crippen molar-refractivity contribution in [2.45, 2.75) is 31.1 Å². The normalized spacial score (nSPS) is 29.5. The van der Waals surface area contributed by atoms with Gasteiger partial charge in [-0.3, -0.25) is 4.98 Å². The molecule has 0 unspecified atom stereocenters. The van der Waals surface area contributed by atoms with Crippen LogP contribution in [0.25, 0.3) is 0 Å². The fourth-order valence-corrected chi connectivity index (χ4v) is 4.36. The summed E-state index contributed by atoms with van der Waals surface area (Å²) in [5.74, 6) is 0.629. The van der Waals surface area contributed by atoms with Crippen molar-refractivity contribution in [2.24, 2.45) is 0 Å². The molecule has 2 aliphatic rings. The Labute approximate surface area is 131 Å². The first-order valence-corrected chi connectivity index (χ1v) is 8.77. The minimum atomic E-state index is -3.48. The highest BCUT2D eigenvalue weighted by Gasteiger charge is 2.50. The highest BCUT2D eigenvalue weighted by Crippen LogP contribution is 2.33. The molecule has 22 heavy (non-hydrogen) atoms. The van der Waals surface area contributed by atoms with Gasteiger partial charge < -0.3 is 9.47 Å². The molecule has 0 N–H and O–H groups in total. The van der Waals surface area contributed by atoms with Gasteiger partial charge in [-0.05, 0) is 25.0 Å². The summed E-state index contributed by atoms with van der Waals surface area (Å²) >= 11 is 0. The van der Waals surface area contributed by atoms with Gasteiger partial charge in [0.1, 0.15) is 18.0 Å². The first-order chi connectivity index (χ1) is 10.5. The van der Waals surface area contributed by atoms with E-state index in [1.165, 1.54) is 8.61 Å². The van der Waals surface area contributed by atoms with Gasteiger partial charge in [0.05, 0.1) is 18.8 Å². The maximum atomic E-state index is 12.5. The Balaban J connectivity index is 1.83. The Kier molecular flexibility index (Phi) is 4.35. The van der Waals surface area contributed by atoms with E-state index in [1.807, 2.05) is 6.07 Å². The van der Waals surface area contributed by atoms with E-state index in [9.17, 15) is 8.42 Å². The van der Waals surface area contributed by atoms with Crippen LogP contribution in [0, 0.1) is 0 Å². The summed E-state index contributed by atoms with van der Waals surface area (Å²) in [7, 11) is -0.391. The average Bonchev–Trinajstić information content (AvgIpc) is 2.88. The van der Waals surface area contributed by atoms with Crippen molar-refractivity contribution in [3.63, 3.8) is 0 Å². The van der Waals surface area contributed by atoms with E-state index in [4.69, 9.17) is 9.47 Å². The molecule has 2 aliphatic heterocycles. The third-order valence-corrected chi connectivity index (χ3v) is 6.05. The van der Waals surface area contributed by atoms with E-state index in [0.29, 0.717) is 18.9 Å². The van der Waals surface area contributed by atoms with Crippen LogP contribution < -0.4 is 4.74 Å². The fraction of sp³-hybridized carbons (Fsp3) is 0.643. The van der Waals surface area contributed by atoms with Crippen LogP contribution in [0.3, 0.4) is 0 Å². The number of nitrogens with zero attached hydrogens (tertiary/aromatic N) is 3. The van der Waals surface area contributed by atoms with E-state index >= 15 is 0 Å². The Morgan fingerprint density at radius 1 is 1.45 bits per heavy atom. The average molecular weight is 327 g/mol. The van der Waals surface area contributed by atoms with Gasteiger partial charge in [0.25, 0.3) is 10.2 Å². The smallest absolute Gasteiger partial charge is 0.281 e. The lowest BCUT2D eigenvalue weighted by Gasteiger charge is -2.32. The van der Waals surface area contributed by atoms with E-state index in [2.05, 4.69) is 4.98 Å². The van der Waals surface area contributed by atoms with Crippen LogP contribution in [0.5, 0.6) is 5.75 Å². The predicted octanol–water partition coefficient (Wildman–Crippen LogP) is 0.499. The van der Waals surface area contributed by atoms with E-state index in [1.54, 1.807) is 32.6 Å². The molecule has 3 rings (SSSR count). The van der Waals surface area contributed by atoms with Gasteiger partial charge in [0.15, 0.2) is 0 Å². The molecule has 3 heterocycles. The highest BCUT2D eigenvalue weighted by atomic mass is 32.2. The molecule has 8 heteroatoms. The van der Waals surface area contributed by atoms with Crippen molar-refractivity contribution >= 4 is 10.2 Å². The first-order valence-electron chi connectivity index (χ1n) is 7.38. The predicted molar refractivity (Wildman–Crippen MR) is 80.7 cm³/mol. The van der Waals surface area contributed by atoms with Gasteiger partial charge in [0.2, 0.25) is 0 Å². The summed E-state index contributed by atoms with van der Waals surface area (Å²) in [4.78, 5) is 4.02. The summed E-state index contributed by atoms with van der Waals surface area (Å²) in [5, 5.41) is 0. The lowest BCUT2D eigenvalue weighted by molar-refractivity contribution is -0.0419. The van der Waals surface area contributed by atoms with Crippen LogP contribution in [0.15, 0.2) is 24.5 Å². The van der Waals surface area contributed by atoms with Gasteiger partial charge >= 0.3 is 0 Å². The lowest BCUT2D eigenvalue weighted by atomic mass is 10.0. The van der Waals surface area contributed by atoms with Gasteiger partial charge in [-0.25, -0.2) is 0 Å². The molecule has 2 fully saturated rings. The first kappa shape index (κ1) is 15.7. The largest absolute Gasteiger partial charge is 0.485 e. The molecule has 1 aromatic rings. The summed E-state index contributed by atoms with van der Waals surface area (Å²) < 4.78 is 39.5. The van der Waals surface area contributed by atoms with Crippen LogP contribution in [0.4, 0.5) is 0 Å². The number of aromatic nitrogens is 1. The molecule has 1 aromatic heterocycles. The Hall–Kier alpha value is -1.22. The number of pyridine rings is 1. The number of hydrogen-bond donors (Lipinski definition) is 0. The van der Waals surface area contributed by atoms with Gasteiger partial charge in [-0.2, -0.15) is 17.0 Å². The molecule has 0 radical (unpaired) electrons. The number of fused-ring (bicyclic) bond motifs is 1. The molecule has 0 saturated carbocycles. The number of hydrogen-bond acceptors (Lipinski definition) is 5. The maximum Gasteiger partial charge on any atom is 0.281 e. The minimum Gasteiger partial charge on any atom is -0.485 e. The molecule has 0 aromatic carbocycles. The molecule has 0 spiro atoms. The van der Waals surface area contributed by atoms with Crippen molar-refractivity contribution in [2.75, 3.05) is 27.2 Å². The molecule has 7 nitrogen and oxygen atoms in total. The molecular formula is C14H21N3O4S. The third-order valence-electron chi connectivity index (χ3n) is 4.11. The standard InChI is InChI=1S/C14H21N3O4S/c1-16(2)22(18,19)17-10-13(14-12(17)6-4-8-20-14)21-11-5-3-7-15-9-11/h3,5,7,9,12-14H,4,6,8,10H2,1-2H3/t12-,13-,14+/m0/s1. The van der Waals surface area contributed by atoms with Crippen molar-refractivity contribution in [3.05, 3.63) is 24.5 Å². The zero-order valence-corrected chi connectivity index (χ0v) is 13.6. The molecule has 2 saturated heterocycles.